The summed E-state index contributed by atoms with van der Waals surface area (Å²) in [6, 6.07) is 26.1. The summed E-state index contributed by atoms with van der Waals surface area (Å²) in [5.41, 5.74) is 4.65. The van der Waals surface area contributed by atoms with Gasteiger partial charge in [0.25, 0.3) is 0 Å². The van der Waals surface area contributed by atoms with Crippen molar-refractivity contribution in [1.82, 2.24) is 0 Å². The number of Topliss-reactive ketones (excluding diaryl/α,β-unsaturated/α-hetero) is 1. The van der Waals surface area contributed by atoms with E-state index in [-0.39, 0.29) is 6.42 Å². The minimum absolute atomic E-state index is 0.304. The van der Waals surface area contributed by atoms with Gasteiger partial charge in [-0.15, -0.1) is 0 Å². The van der Waals surface area contributed by atoms with Crippen LogP contribution < -0.4 is 20.1 Å². The molecule has 0 bridgehead atoms. The van der Waals surface area contributed by atoms with Crippen LogP contribution in [-0.2, 0) is 21.0 Å². The maximum Gasteiger partial charge on any atom is 0.235 e. The van der Waals surface area contributed by atoms with Crippen LogP contribution in [0.25, 0.3) is 0 Å². The maximum atomic E-state index is 14.3. The van der Waals surface area contributed by atoms with Gasteiger partial charge in [-0.05, 0) is 99.2 Å². The lowest BCUT2D eigenvalue weighted by molar-refractivity contribution is -0.150. The number of aryl methyl sites for hydroxylation is 2. The van der Waals surface area contributed by atoms with Gasteiger partial charge >= 0.3 is 0 Å². The molecule has 8 heteroatoms. The molecule has 1 aliphatic carbocycles. The second-order valence-electron chi connectivity index (χ2n) is 12.9. The van der Waals surface area contributed by atoms with Crippen LogP contribution in [-0.4, -0.2) is 34.9 Å². The number of rotatable bonds is 10. The van der Waals surface area contributed by atoms with Gasteiger partial charge in [-0.1, -0.05) is 60.7 Å². The standard InChI is InChI=1S/C40H44N2O6/c1-7-47-34-21-29(19-20-33(34)48-23-28-15-9-8-10-16-28)35-36(38(44)41-30-17-11-13-24(2)26(30)4)32(43)22-40(6,46)37(35)39(45)42-31-18-12-14-25(3)27(31)5/h8-21,35-37,46H,7,22-23H2,1-6H3,(H,41,44)(H,42,45). The van der Waals surface area contributed by atoms with E-state index in [0.29, 0.717) is 41.7 Å². The summed E-state index contributed by atoms with van der Waals surface area (Å²) in [6.45, 7) is 11.7. The van der Waals surface area contributed by atoms with E-state index in [1.807, 2.05) is 89.2 Å². The average molecular weight is 649 g/mol. The minimum Gasteiger partial charge on any atom is -0.490 e. The number of benzene rings is 4. The van der Waals surface area contributed by atoms with Crippen LogP contribution in [0.4, 0.5) is 11.4 Å². The highest BCUT2D eigenvalue weighted by molar-refractivity contribution is 6.10. The van der Waals surface area contributed by atoms with Crippen LogP contribution >= 0.6 is 0 Å². The van der Waals surface area contributed by atoms with E-state index in [0.717, 1.165) is 27.8 Å². The second-order valence-corrected chi connectivity index (χ2v) is 12.9. The number of hydrogen-bond acceptors (Lipinski definition) is 6. The SMILES string of the molecule is CCOc1cc(C2C(C(=O)Nc3cccc(C)c3C)C(=O)CC(C)(O)C2C(=O)Nc2cccc(C)c2C)ccc1OCc1ccccc1. The topological polar surface area (TPSA) is 114 Å². The molecule has 1 saturated carbocycles. The molecule has 4 aromatic rings. The molecule has 250 valence electrons. The molecule has 4 unspecified atom stereocenters. The van der Waals surface area contributed by atoms with E-state index in [4.69, 9.17) is 9.47 Å². The van der Waals surface area contributed by atoms with Crippen LogP contribution in [0.5, 0.6) is 11.5 Å². The average Bonchev–Trinajstić information content (AvgIpc) is 3.04. The number of nitrogens with one attached hydrogen (secondary N) is 2. The van der Waals surface area contributed by atoms with Gasteiger partial charge in [0.15, 0.2) is 11.5 Å². The third-order valence-corrected chi connectivity index (χ3v) is 9.45. The zero-order valence-electron chi connectivity index (χ0n) is 28.4. The summed E-state index contributed by atoms with van der Waals surface area (Å²) in [5.74, 6) is -4.07. The molecular weight excluding hydrogens is 604 g/mol. The number of ketones is 1. The molecule has 8 nitrogen and oxygen atoms in total. The summed E-state index contributed by atoms with van der Waals surface area (Å²) in [6.07, 6.45) is -0.365. The van der Waals surface area contributed by atoms with Crippen LogP contribution in [0, 0.1) is 39.5 Å². The normalized spacial score (nSPS) is 20.6. The summed E-state index contributed by atoms with van der Waals surface area (Å²) < 4.78 is 12.1. The van der Waals surface area contributed by atoms with E-state index in [1.54, 1.807) is 30.3 Å². The Morgan fingerprint density at radius 1 is 0.792 bits per heavy atom. The third kappa shape index (κ3) is 7.29. The summed E-state index contributed by atoms with van der Waals surface area (Å²) in [4.78, 5) is 42.5. The number of anilines is 2. The van der Waals surface area contributed by atoms with Crippen molar-refractivity contribution in [3.8, 4) is 11.5 Å². The molecule has 0 aromatic heterocycles. The van der Waals surface area contributed by atoms with Crippen molar-refractivity contribution in [3.63, 3.8) is 0 Å². The molecule has 0 radical (unpaired) electrons. The molecular formula is C40H44N2O6. The molecule has 0 heterocycles. The molecule has 0 aliphatic heterocycles. The zero-order chi connectivity index (χ0) is 34.6. The second kappa shape index (κ2) is 14.4. The van der Waals surface area contributed by atoms with Gasteiger partial charge in [-0.25, -0.2) is 0 Å². The molecule has 0 spiro atoms. The number of ether oxygens (including phenoxy) is 2. The lowest BCUT2D eigenvalue weighted by atomic mass is 9.61. The Balaban J connectivity index is 1.60. The van der Waals surface area contributed by atoms with Crippen molar-refractivity contribution in [2.45, 2.75) is 66.1 Å². The van der Waals surface area contributed by atoms with E-state index in [1.165, 1.54) is 6.92 Å². The van der Waals surface area contributed by atoms with Gasteiger partial charge in [-0.2, -0.15) is 0 Å². The zero-order valence-corrected chi connectivity index (χ0v) is 28.4. The van der Waals surface area contributed by atoms with E-state index < -0.39 is 41.0 Å². The van der Waals surface area contributed by atoms with Crippen LogP contribution in [0.15, 0.2) is 84.9 Å². The fourth-order valence-corrected chi connectivity index (χ4v) is 6.54. The van der Waals surface area contributed by atoms with Gasteiger partial charge in [0.1, 0.15) is 18.3 Å². The molecule has 5 rings (SSSR count). The molecule has 1 fully saturated rings. The number of aliphatic hydroxyl groups is 1. The summed E-state index contributed by atoms with van der Waals surface area (Å²) in [5, 5.41) is 17.8. The first kappa shape index (κ1) is 34.4. The highest BCUT2D eigenvalue weighted by Gasteiger charge is 2.56. The van der Waals surface area contributed by atoms with E-state index in [2.05, 4.69) is 10.6 Å². The molecule has 1 aliphatic rings. The molecule has 48 heavy (non-hydrogen) atoms. The fraction of sp³-hybridized carbons (Fsp3) is 0.325. The summed E-state index contributed by atoms with van der Waals surface area (Å²) in [7, 11) is 0. The van der Waals surface area contributed by atoms with Crippen molar-refractivity contribution < 1.29 is 29.0 Å². The van der Waals surface area contributed by atoms with Crippen molar-refractivity contribution in [1.29, 1.82) is 0 Å². The number of carbonyl (C=O) groups is 3. The first-order valence-electron chi connectivity index (χ1n) is 16.3. The van der Waals surface area contributed by atoms with Crippen molar-refractivity contribution >= 4 is 29.0 Å². The van der Waals surface area contributed by atoms with Gasteiger partial charge in [0.2, 0.25) is 11.8 Å². The Bertz CT molecular complexity index is 1820. The Morgan fingerprint density at radius 2 is 1.40 bits per heavy atom. The van der Waals surface area contributed by atoms with Gasteiger partial charge in [0, 0.05) is 23.7 Å². The number of hydrogen-bond donors (Lipinski definition) is 3. The first-order valence-corrected chi connectivity index (χ1v) is 16.3. The largest absolute Gasteiger partial charge is 0.490 e. The number of amides is 2. The van der Waals surface area contributed by atoms with Gasteiger partial charge in [0.05, 0.1) is 18.1 Å². The molecule has 0 saturated heterocycles. The lowest BCUT2D eigenvalue weighted by Gasteiger charge is -2.44. The Kier molecular flexibility index (Phi) is 10.3. The first-order chi connectivity index (χ1) is 22.9. The van der Waals surface area contributed by atoms with Gasteiger partial charge in [-0.3, -0.25) is 14.4 Å². The quantitative estimate of drug-likeness (QED) is 0.157. The number of carbonyl (C=O) groups excluding carboxylic acids is 3. The Morgan fingerprint density at radius 3 is 2.00 bits per heavy atom. The Hall–Kier alpha value is -4.95. The van der Waals surface area contributed by atoms with E-state index in [9.17, 15) is 19.5 Å². The lowest BCUT2D eigenvalue weighted by Crippen LogP contribution is -2.56. The van der Waals surface area contributed by atoms with Crippen LogP contribution in [0.1, 0.15) is 59.6 Å². The highest BCUT2D eigenvalue weighted by atomic mass is 16.5. The van der Waals surface area contributed by atoms with Crippen LogP contribution in [0.2, 0.25) is 0 Å². The predicted octanol–water partition coefficient (Wildman–Crippen LogP) is 7.22. The van der Waals surface area contributed by atoms with Crippen molar-refractivity contribution in [2.75, 3.05) is 17.2 Å². The van der Waals surface area contributed by atoms with Crippen molar-refractivity contribution in [3.05, 3.63) is 118 Å². The molecule has 4 aromatic carbocycles. The fourth-order valence-electron chi connectivity index (χ4n) is 6.54. The third-order valence-electron chi connectivity index (χ3n) is 9.45. The molecule has 2 amide bonds. The smallest absolute Gasteiger partial charge is 0.235 e. The monoisotopic (exact) mass is 648 g/mol. The molecule has 4 atom stereocenters. The minimum atomic E-state index is -1.76. The van der Waals surface area contributed by atoms with Crippen molar-refractivity contribution in [2.24, 2.45) is 11.8 Å². The Labute approximate surface area is 282 Å². The van der Waals surface area contributed by atoms with E-state index >= 15 is 0 Å². The van der Waals surface area contributed by atoms with Crippen LogP contribution in [0.3, 0.4) is 0 Å². The summed E-state index contributed by atoms with van der Waals surface area (Å²) >= 11 is 0. The van der Waals surface area contributed by atoms with Gasteiger partial charge < -0.3 is 25.2 Å². The maximum absolute atomic E-state index is 14.3. The molecule has 3 N–H and O–H groups in total. The predicted molar refractivity (Wildman–Crippen MR) is 187 cm³/mol. The highest BCUT2D eigenvalue weighted by Crippen LogP contribution is 2.48.